The summed E-state index contributed by atoms with van der Waals surface area (Å²) in [4.78, 5) is 25.8. The van der Waals surface area contributed by atoms with Crippen molar-refractivity contribution in [2.45, 2.75) is 24.6 Å². The van der Waals surface area contributed by atoms with Crippen LogP contribution in [0, 0.1) is 5.92 Å². The van der Waals surface area contributed by atoms with Crippen molar-refractivity contribution in [2.24, 2.45) is 5.92 Å². The number of thioether (sulfide) groups is 1. The smallest absolute Gasteiger partial charge is 0.405 e. The predicted molar refractivity (Wildman–Crippen MR) is 76.6 cm³/mol. The maximum absolute atomic E-state index is 12.5. The van der Waals surface area contributed by atoms with Gasteiger partial charge in [-0.2, -0.15) is 13.2 Å². The number of carbonyl (C=O) groups is 2. The molecule has 1 aromatic heterocycles. The molecule has 2 heterocycles. The van der Waals surface area contributed by atoms with Crippen LogP contribution in [0.15, 0.2) is 22.8 Å². The van der Waals surface area contributed by atoms with E-state index in [-0.39, 0.29) is 17.7 Å². The minimum atomic E-state index is -4.46. The van der Waals surface area contributed by atoms with Crippen LogP contribution in [-0.2, 0) is 9.59 Å². The molecular formula is C14H15F3N2O3S. The second kappa shape index (κ2) is 6.10. The molecule has 0 spiro atoms. The van der Waals surface area contributed by atoms with Gasteiger partial charge >= 0.3 is 6.18 Å². The fourth-order valence-corrected chi connectivity index (χ4v) is 3.84. The molecule has 126 valence electrons. The van der Waals surface area contributed by atoms with Crippen LogP contribution in [0.3, 0.4) is 0 Å². The summed E-state index contributed by atoms with van der Waals surface area (Å²) in [6.45, 7) is -1.38. The van der Waals surface area contributed by atoms with E-state index in [1.54, 1.807) is 12.1 Å². The second-order valence-corrected chi connectivity index (χ2v) is 6.62. The van der Waals surface area contributed by atoms with Gasteiger partial charge in [0.05, 0.1) is 12.1 Å². The van der Waals surface area contributed by atoms with Crippen molar-refractivity contribution in [3.05, 3.63) is 24.2 Å². The first-order chi connectivity index (χ1) is 10.9. The Labute approximate surface area is 134 Å². The first-order valence-electron chi connectivity index (χ1n) is 7.13. The summed E-state index contributed by atoms with van der Waals surface area (Å²) in [5, 5.41) is 1.86. The fraction of sp³-hybridized carbons (Fsp3) is 0.571. The summed E-state index contributed by atoms with van der Waals surface area (Å²) < 4.78 is 41.9. The molecule has 1 N–H and O–H groups in total. The summed E-state index contributed by atoms with van der Waals surface area (Å²) in [7, 11) is 0. The highest BCUT2D eigenvalue weighted by Gasteiger charge is 2.50. The number of nitrogens with one attached hydrogen (secondary N) is 1. The molecule has 3 rings (SSSR count). The summed E-state index contributed by atoms with van der Waals surface area (Å²) in [6.07, 6.45) is -2.28. The van der Waals surface area contributed by atoms with Gasteiger partial charge in [-0.3, -0.25) is 9.59 Å². The van der Waals surface area contributed by atoms with Crippen molar-refractivity contribution >= 4 is 23.6 Å². The van der Waals surface area contributed by atoms with Crippen LogP contribution in [0.1, 0.15) is 18.1 Å². The zero-order valence-corrected chi connectivity index (χ0v) is 12.8. The number of furan rings is 1. The zero-order valence-electron chi connectivity index (χ0n) is 12.0. The van der Waals surface area contributed by atoms with Gasteiger partial charge in [-0.15, -0.1) is 11.8 Å². The van der Waals surface area contributed by atoms with Gasteiger partial charge in [0.15, 0.2) is 0 Å². The number of rotatable bonds is 4. The minimum Gasteiger partial charge on any atom is -0.469 e. The SMILES string of the molecule is O=C(NCC(F)(F)F)C1CSCN1C(=O)C1CC1c1ccco1. The molecule has 0 aromatic carbocycles. The Balaban J connectivity index is 1.59. The fourth-order valence-electron chi connectivity index (χ4n) is 2.68. The number of nitrogens with zero attached hydrogens (tertiary/aromatic N) is 1. The minimum absolute atomic E-state index is 0.00184. The Morgan fingerprint density at radius 2 is 2.22 bits per heavy atom. The molecule has 9 heteroatoms. The topological polar surface area (TPSA) is 62.6 Å². The number of hydrogen-bond donors (Lipinski definition) is 1. The van der Waals surface area contributed by atoms with Gasteiger partial charge in [-0.25, -0.2) is 0 Å². The van der Waals surface area contributed by atoms with E-state index in [9.17, 15) is 22.8 Å². The zero-order chi connectivity index (χ0) is 16.6. The molecule has 1 saturated heterocycles. The molecule has 3 unspecified atom stereocenters. The van der Waals surface area contributed by atoms with Crippen LogP contribution < -0.4 is 5.32 Å². The number of alkyl halides is 3. The molecule has 2 fully saturated rings. The van der Waals surface area contributed by atoms with Gasteiger partial charge in [0.25, 0.3) is 0 Å². The monoisotopic (exact) mass is 348 g/mol. The molecule has 1 saturated carbocycles. The predicted octanol–water partition coefficient (Wildman–Crippen LogP) is 1.96. The largest absolute Gasteiger partial charge is 0.469 e. The van der Waals surface area contributed by atoms with Crippen LogP contribution in [-0.4, -0.2) is 47.1 Å². The van der Waals surface area contributed by atoms with Crippen molar-refractivity contribution < 1.29 is 27.2 Å². The Hall–Kier alpha value is -1.64. The van der Waals surface area contributed by atoms with Gasteiger partial charge in [0, 0.05) is 17.6 Å². The van der Waals surface area contributed by atoms with E-state index in [4.69, 9.17) is 4.42 Å². The average Bonchev–Trinajstić information content (AvgIpc) is 2.93. The van der Waals surface area contributed by atoms with Crippen molar-refractivity contribution in [3.63, 3.8) is 0 Å². The van der Waals surface area contributed by atoms with Gasteiger partial charge in [-0.05, 0) is 18.6 Å². The van der Waals surface area contributed by atoms with E-state index in [0.29, 0.717) is 18.1 Å². The molecule has 1 aromatic rings. The lowest BCUT2D eigenvalue weighted by atomic mass is 10.2. The van der Waals surface area contributed by atoms with Crippen LogP contribution >= 0.6 is 11.8 Å². The first-order valence-corrected chi connectivity index (χ1v) is 8.28. The summed E-state index contributed by atoms with van der Waals surface area (Å²) in [5.41, 5.74) is 0. The summed E-state index contributed by atoms with van der Waals surface area (Å²) in [6, 6.07) is 2.70. The number of hydrogen-bond acceptors (Lipinski definition) is 4. The molecule has 0 bridgehead atoms. The van der Waals surface area contributed by atoms with Gasteiger partial charge < -0.3 is 14.6 Å². The molecule has 1 aliphatic carbocycles. The Morgan fingerprint density at radius 1 is 1.43 bits per heavy atom. The highest BCUT2D eigenvalue weighted by atomic mass is 32.2. The van der Waals surface area contributed by atoms with E-state index in [0.717, 1.165) is 5.76 Å². The molecule has 1 aliphatic heterocycles. The Morgan fingerprint density at radius 3 is 2.87 bits per heavy atom. The van der Waals surface area contributed by atoms with Crippen LogP contribution in [0.25, 0.3) is 0 Å². The maximum atomic E-state index is 12.5. The molecule has 2 amide bonds. The molecule has 3 atom stereocenters. The first kappa shape index (κ1) is 16.2. The van der Waals surface area contributed by atoms with Crippen molar-refractivity contribution in [1.29, 1.82) is 0 Å². The number of amides is 2. The van der Waals surface area contributed by atoms with Crippen molar-refractivity contribution in [1.82, 2.24) is 10.2 Å². The highest BCUT2D eigenvalue weighted by molar-refractivity contribution is 7.99. The van der Waals surface area contributed by atoms with Gasteiger partial charge in [0.1, 0.15) is 18.3 Å². The Kier molecular flexibility index (Phi) is 4.31. The molecule has 0 radical (unpaired) electrons. The molecular weight excluding hydrogens is 333 g/mol. The maximum Gasteiger partial charge on any atom is 0.405 e. The van der Waals surface area contributed by atoms with E-state index in [1.165, 1.54) is 22.9 Å². The van der Waals surface area contributed by atoms with Crippen molar-refractivity contribution in [3.8, 4) is 0 Å². The van der Waals surface area contributed by atoms with Crippen molar-refractivity contribution in [2.75, 3.05) is 18.2 Å². The van der Waals surface area contributed by atoms with E-state index in [2.05, 4.69) is 0 Å². The van der Waals surface area contributed by atoms with Crippen LogP contribution in [0.4, 0.5) is 13.2 Å². The standard InChI is InChI=1S/C14H15F3N2O3S/c15-14(16,17)6-18-12(20)10-5-23-7-19(10)13(21)9-4-8(9)11-2-1-3-22-11/h1-3,8-10H,4-7H2,(H,18,20). The third-order valence-corrected chi connectivity index (χ3v) is 4.96. The summed E-state index contributed by atoms with van der Waals surface area (Å²) in [5.74, 6) is 0.171. The summed E-state index contributed by atoms with van der Waals surface area (Å²) >= 11 is 1.36. The lowest BCUT2D eigenvalue weighted by Crippen LogP contribution is -2.49. The highest BCUT2D eigenvalue weighted by Crippen LogP contribution is 2.49. The van der Waals surface area contributed by atoms with E-state index < -0.39 is 24.7 Å². The van der Waals surface area contributed by atoms with E-state index >= 15 is 0 Å². The van der Waals surface area contributed by atoms with Crippen LogP contribution in [0.5, 0.6) is 0 Å². The second-order valence-electron chi connectivity index (χ2n) is 5.62. The average molecular weight is 348 g/mol. The van der Waals surface area contributed by atoms with Crippen LogP contribution in [0.2, 0.25) is 0 Å². The van der Waals surface area contributed by atoms with Gasteiger partial charge in [0.2, 0.25) is 11.8 Å². The quantitative estimate of drug-likeness (QED) is 0.904. The normalized spacial score (nSPS) is 27.1. The third-order valence-electron chi connectivity index (χ3n) is 3.95. The van der Waals surface area contributed by atoms with Gasteiger partial charge in [-0.1, -0.05) is 0 Å². The third kappa shape index (κ3) is 3.65. The molecule has 5 nitrogen and oxygen atoms in total. The lowest BCUT2D eigenvalue weighted by Gasteiger charge is -2.23. The Bertz CT molecular complexity index is 591. The van der Waals surface area contributed by atoms with E-state index in [1.807, 2.05) is 5.32 Å². The number of carbonyl (C=O) groups excluding carboxylic acids is 2. The molecule has 2 aliphatic rings. The molecule has 23 heavy (non-hydrogen) atoms. The lowest BCUT2D eigenvalue weighted by molar-refractivity contribution is -0.145. The number of halogens is 3.